The first-order valence-corrected chi connectivity index (χ1v) is 11.1. The van der Waals surface area contributed by atoms with Gasteiger partial charge in [-0.15, -0.1) is 0 Å². The molecule has 0 atom stereocenters. The molecule has 1 fully saturated rings. The Balaban J connectivity index is 1.84. The van der Waals surface area contributed by atoms with Gasteiger partial charge in [-0.3, -0.25) is 4.79 Å². The number of likely N-dealkylation sites (N-methyl/N-ethyl adjacent to an activating group) is 1. The van der Waals surface area contributed by atoms with Gasteiger partial charge in [-0.1, -0.05) is 18.5 Å². The summed E-state index contributed by atoms with van der Waals surface area (Å²) < 4.78 is 32.9. The number of hydrogen-bond donors (Lipinski definition) is 1. The van der Waals surface area contributed by atoms with Crippen LogP contribution in [0.4, 0.5) is 5.69 Å². The molecule has 1 saturated heterocycles. The highest BCUT2D eigenvalue weighted by molar-refractivity contribution is 7.89. The van der Waals surface area contributed by atoms with Gasteiger partial charge in [0, 0.05) is 36.8 Å². The summed E-state index contributed by atoms with van der Waals surface area (Å²) >= 11 is 5.86. The molecule has 0 saturated carbocycles. The summed E-state index contributed by atoms with van der Waals surface area (Å²) in [6, 6.07) is 10.9. The molecule has 0 bridgehead atoms. The molecule has 2 aromatic rings. The average Bonchev–Trinajstić information content (AvgIpc) is 2.74. The van der Waals surface area contributed by atoms with Crippen LogP contribution in [0.15, 0.2) is 47.4 Å². The topological polar surface area (TPSA) is 79.0 Å². The second-order valence-electron chi connectivity index (χ2n) is 6.66. The molecule has 7 nitrogen and oxygen atoms in total. The van der Waals surface area contributed by atoms with E-state index in [1.54, 1.807) is 30.3 Å². The number of hydrogen-bond acceptors (Lipinski definition) is 5. The van der Waals surface area contributed by atoms with Gasteiger partial charge in [0.2, 0.25) is 10.0 Å². The molecule has 1 aliphatic rings. The fourth-order valence-corrected chi connectivity index (χ4v) is 4.75. The lowest BCUT2D eigenvalue weighted by Crippen LogP contribution is -2.48. The molecule has 1 heterocycles. The molecule has 0 radical (unpaired) electrons. The summed E-state index contributed by atoms with van der Waals surface area (Å²) in [5, 5.41) is 3.25. The Bertz CT molecular complexity index is 972. The smallest absolute Gasteiger partial charge is 0.255 e. The zero-order valence-corrected chi connectivity index (χ0v) is 18.0. The Kier molecular flexibility index (Phi) is 6.79. The van der Waals surface area contributed by atoms with Gasteiger partial charge in [0.15, 0.2) is 0 Å². The van der Waals surface area contributed by atoms with Crippen molar-refractivity contribution in [2.45, 2.75) is 11.8 Å². The molecule has 0 spiro atoms. The number of halogens is 1. The molecule has 1 N–H and O–H groups in total. The number of rotatable bonds is 6. The SMILES string of the molecule is CCN1CCN(S(=O)(=O)c2ccc(OC)c(NC(=O)c3ccc(Cl)cc3)c2)CC1. The summed E-state index contributed by atoms with van der Waals surface area (Å²) in [5.74, 6) is -0.00635. The molecule has 0 aromatic heterocycles. The molecule has 1 amide bonds. The minimum Gasteiger partial charge on any atom is -0.495 e. The predicted molar refractivity (Wildman–Crippen MR) is 113 cm³/mol. The summed E-state index contributed by atoms with van der Waals surface area (Å²) in [4.78, 5) is 14.9. The van der Waals surface area contributed by atoms with E-state index in [1.165, 1.54) is 23.5 Å². The van der Waals surface area contributed by atoms with E-state index in [2.05, 4.69) is 17.1 Å². The number of anilines is 1. The number of benzene rings is 2. The van der Waals surface area contributed by atoms with Crippen molar-refractivity contribution >= 4 is 33.2 Å². The number of ether oxygens (including phenoxy) is 1. The number of nitrogens with zero attached hydrogens (tertiary/aromatic N) is 2. The quantitative estimate of drug-likeness (QED) is 0.751. The summed E-state index contributed by atoms with van der Waals surface area (Å²) in [5.41, 5.74) is 0.695. The van der Waals surface area contributed by atoms with E-state index < -0.39 is 10.0 Å². The second-order valence-corrected chi connectivity index (χ2v) is 9.04. The molecular formula is C20H24ClN3O4S. The third kappa shape index (κ3) is 4.90. The second kappa shape index (κ2) is 9.13. The van der Waals surface area contributed by atoms with E-state index in [1.807, 2.05) is 0 Å². The van der Waals surface area contributed by atoms with Crippen LogP contribution < -0.4 is 10.1 Å². The van der Waals surface area contributed by atoms with Gasteiger partial charge in [-0.25, -0.2) is 8.42 Å². The number of piperazine rings is 1. The monoisotopic (exact) mass is 437 g/mol. The van der Waals surface area contributed by atoms with E-state index >= 15 is 0 Å². The van der Waals surface area contributed by atoms with Crippen LogP contribution in [-0.2, 0) is 10.0 Å². The standard InChI is InChI=1S/C20H24ClN3O4S/c1-3-23-10-12-24(13-11-23)29(26,27)17-8-9-19(28-2)18(14-17)22-20(25)15-4-6-16(21)7-5-15/h4-9,14H,3,10-13H2,1-2H3,(H,22,25). The van der Waals surface area contributed by atoms with Gasteiger partial charge >= 0.3 is 0 Å². The van der Waals surface area contributed by atoms with Crippen molar-refractivity contribution in [3.63, 3.8) is 0 Å². The fraction of sp³-hybridized carbons (Fsp3) is 0.350. The zero-order valence-electron chi connectivity index (χ0n) is 16.4. The van der Waals surface area contributed by atoms with Gasteiger partial charge in [-0.2, -0.15) is 4.31 Å². The molecule has 29 heavy (non-hydrogen) atoms. The average molecular weight is 438 g/mol. The number of nitrogens with one attached hydrogen (secondary N) is 1. The lowest BCUT2D eigenvalue weighted by molar-refractivity contribution is 0.102. The van der Waals surface area contributed by atoms with Gasteiger partial charge in [0.25, 0.3) is 5.91 Å². The Labute approximate surface area is 176 Å². The molecule has 0 aliphatic carbocycles. The van der Waals surface area contributed by atoms with Crippen LogP contribution in [0.3, 0.4) is 0 Å². The van der Waals surface area contributed by atoms with Crippen LogP contribution in [0.2, 0.25) is 5.02 Å². The van der Waals surface area contributed by atoms with Crippen LogP contribution in [0, 0.1) is 0 Å². The maximum absolute atomic E-state index is 13.1. The Morgan fingerprint density at radius 2 is 1.76 bits per heavy atom. The summed E-state index contributed by atoms with van der Waals surface area (Å²) in [6.07, 6.45) is 0. The van der Waals surface area contributed by atoms with Crippen LogP contribution in [0.5, 0.6) is 5.75 Å². The molecule has 156 valence electrons. The van der Waals surface area contributed by atoms with Crippen LogP contribution in [-0.4, -0.2) is 63.4 Å². The van der Waals surface area contributed by atoms with Crippen LogP contribution in [0.1, 0.15) is 17.3 Å². The molecule has 2 aromatic carbocycles. The van der Waals surface area contributed by atoms with E-state index in [9.17, 15) is 13.2 Å². The molecule has 3 rings (SSSR count). The van der Waals surface area contributed by atoms with E-state index in [4.69, 9.17) is 16.3 Å². The highest BCUT2D eigenvalue weighted by atomic mass is 35.5. The summed E-state index contributed by atoms with van der Waals surface area (Å²) in [7, 11) is -2.20. The first-order chi connectivity index (χ1) is 13.8. The predicted octanol–water partition coefficient (Wildman–Crippen LogP) is 2.93. The highest BCUT2D eigenvalue weighted by Gasteiger charge is 2.28. The van der Waals surface area contributed by atoms with Crippen molar-refractivity contribution in [2.24, 2.45) is 0 Å². The highest BCUT2D eigenvalue weighted by Crippen LogP contribution is 2.30. The van der Waals surface area contributed by atoms with E-state index in [0.717, 1.165) is 6.54 Å². The normalized spacial score (nSPS) is 15.8. The minimum atomic E-state index is -3.66. The molecular weight excluding hydrogens is 414 g/mol. The van der Waals surface area contributed by atoms with Crippen molar-refractivity contribution < 1.29 is 17.9 Å². The number of carbonyl (C=O) groups excluding carboxylic acids is 1. The van der Waals surface area contributed by atoms with Crippen molar-refractivity contribution in [1.82, 2.24) is 9.21 Å². The van der Waals surface area contributed by atoms with Gasteiger partial charge < -0.3 is 15.0 Å². The van der Waals surface area contributed by atoms with Gasteiger partial charge in [0.05, 0.1) is 17.7 Å². The lowest BCUT2D eigenvalue weighted by Gasteiger charge is -2.33. The third-order valence-corrected chi connectivity index (χ3v) is 7.09. The largest absolute Gasteiger partial charge is 0.495 e. The molecule has 9 heteroatoms. The maximum atomic E-state index is 13.1. The fourth-order valence-electron chi connectivity index (χ4n) is 3.18. The van der Waals surface area contributed by atoms with Crippen molar-refractivity contribution in [3.8, 4) is 5.75 Å². The lowest BCUT2D eigenvalue weighted by atomic mass is 10.2. The number of methoxy groups -OCH3 is 1. The van der Waals surface area contributed by atoms with Gasteiger partial charge in [-0.05, 0) is 49.0 Å². The first-order valence-electron chi connectivity index (χ1n) is 9.32. The number of sulfonamides is 1. The molecule has 0 unspecified atom stereocenters. The summed E-state index contributed by atoms with van der Waals surface area (Å²) in [6.45, 7) is 5.24. The number of amides is 1. The van der Waals surface area contributed by atoms with Crippen LogP contribution >= 0.6 is 11.6 Å². The van der Waals surface area contributed by atoms with E-state index in [0.29, 0.717) is 48.2 Å². The van der Waals surface area contributed by atoms with Crippen molar-refractivity contribution in [3.05, 3.63) is 53.1 Å². The zero-order chi connectivity index (χ0) is 21.0. The maximum Gasteiger partial charge on any atom is 0.255 e. The Morgan fingerprint density at radius 1 is 1.10 bits per heavy atom. The van der Waals surface area contributed by atoms with E-state index in [-0.39, 0.29) is 10.8 Å². The van der Waals surface area contributed by atoms with Crippen molar-refractivity contribution in [1.29, 1.82) is 0 Å². The van der Waals surface area contributed by atoms with Crippen LogP contribution in [0.25, 0.3) is 0 Å². The number of carbonyl (C=O) groups is 1. The van der Waals surface area contributed by atoms with Gasteiger partial charge in [0.1, 0.15) is 5.75 Å². The third-order valence-electron chi connectivity index (χ3n) is 4.94. The minimum absolute atomic E-state index is 0.120. The Hall–Kier alpha value is -2.13. The molecule has 1 aliphatic heterocycles. The van der Waals surface area contributed by atoms with Crippen molar-refractivity contribution in [2.75, 3.05) is 45.2 Å². The Morgan fingerprint density at radius 3 is 2.34 bits per heavy atom. The first kappa shape index (κ1) is 21.6.